The van der Waals surface area contributed by atoms with Crippen molar-refractivity contribution >= 4 is 23.9 Å². The number of fused-ring (bicyclic) bond motifs is 1. The van der Waals surface area contributed by atoms with Crippen LogP contribution in [0.1, 0.15) is 85.1 Å². The lowest BCUT2D eigenvalue weighted by Gasteiger charge is -2.31. The molecule has 2 heterocycles. The molecule has 1 aliphatic heterocycles. The lowest BCUT2D eigenvalue weighted by atomic mass is 9.79. The van der Waals surface area contributed by atoms with E-state index >= 15 is 0 Å². The van der Waals surface area contributed by atoms with Crippen molar-refractivity contribution in [2.24, 2.45) is 28.4 Å². The Kier molecular flexibility index (Phi) is 9.83. The average molecular weight is 461 g/mol. The molecule has 8 nitrogen and oxygen atoms in total. The Morgan fingerprint density at radius 2 is 1.94 bits per heavy atom. The number of hydrazine groups is 1. The first-order valence-electron chi connectivity index (χ1n) is 12.3. The van der Waals surface area contributed by atoms with Gasteiger partial charge in [0.05, 0.1) is 5.70 Å². The highest BCUT2D eigenvalue weighted by Crippen LogP contribution is 2.38. The van der Waals surface area contributed by atoms with Crippen LogP contribution in [0, 0.1) is 11.8 Å². The highest BCUT2D eigenvalue weighted by Gasteiger charge is 2.27. The van der Waals surface area contributed by atoms with Crippen molar-refractivity contribution in [3.63, 3.8) is 0 Å². The number of allylic oxidation sites excluding steroid dienone is 1. The maximum atomic E-state index is 11.4. The molecule has 0 saturated heterocycles. The summed E-state index contributed by atoms with van der Waals surface area (Å²) in [4.78, 5) is 20.4. The van der Waals surface area contributed by atoms with Crippen LogP contribution in [-0.4, -0.2) is 46.5 Å². The Bertz CT molecular complexity index is 815. The van der Waals surface area contributed by atoms with E-state index in [4.69, 9.17) is 16.3 Å². The quantitative estimate of drug-likeness (QED) is 0.512. The van der Waals surface area contributed by atoms with Crippen molar-refractivity contribution in [1.82, 2.24) is 14.9 Å². The van der Waals surface area contributed by atoms with Gasteiger partial charge in [-0.3, -0.25) is 5.01 Å². The summed E-state index contributed by atoms with van der Waals surface area (Å²) in [5, 5.41) is 1.55. The molecule has 0 unspecified atom stereocenters. The Balaban J connectivity index is 0.000000260. The van der Waals surface area contributed by atoms with Gasteiger partial charge >= 0.3 is 6.09 Å². The zero-order chi connectivity index (χ0) is 24.6. The van der Waals surface area contributed by atoms with Crippen LogP contribution in [0.4, 0.5) is 10.6 Å². The third kappa shape index (κ3) is 7.81. The second-order valence-corrected chi connectivity index (χ2v) is 10.1. The Hall–Kier alpha value is -2.48. The fourth-order valence-corrected chi connectivity index (χ4v) is 4.18. The molecule has 1 aromatic heterocycles. The van der Waals surface area contributed by atoms with Crippen molar-refractivity contribution < 1.29 is 9.53 Å². The molecule has 186 valence electrons. The SMILES string of the molecule is CCC1CCC(/C(N)=C2\c3cc[nH]c3N=CN2N)CC1.CCCCN(C)C(=O)OC(C)(C)C. The lowest BCUT2D eigenvalue weighted by Crippen LogP contribution is -2.34. The largest absolute Gasteiger partial charge is 0.444 e. The molecule has 3 rings (SSSR count). The van der Waals surface area contributed by atoms with Crippen LogP contribution in [0.3, 0.4) is 0 Å². The first-order valence-corrected chi connectivity index (χ1v) is 12.3. The minimum Gasteiger partial charge on any atom is -0.444 e. The van der Waals surface area contributed by atoms with Crippen LogP contribution in [0.15, 0.2) is 23.0 Å². The number of H-pyrrole nitrogens is 1. The molecular weight excluding hydrogens is 416 g/mol. The standard InChI is InChI=1S/C15H23N5.C10H21NO2/c1-2-10-3-5-11(6-4-10)13(16)14-12-7-8-18-15(12)19-9-20(14)17;1-6-7-8-11(5)9(12)13-10(2,3)4/h7-11,18H,2-6,16-17H2,1H3;6-8H2,1-5H3/b14-13-;. The summed E-state index contributed by atoms with van der Waals surface area (Å²) in [5.74, 6) is 8.19. The van der Waals surface area contributed by atoms with Gasteiger partial charge < -0.3 is 20.4 Å². The summed E-state index contributed by atoms with van der Waals surface area (Å²) < 4.78 is 5.18. The average Bonchev–Trinajstić information content (AvgIpc) is 3.25. The van der Waals surface area contributed by atoms with E-state index in [9.17, 15) is 4.79 Å². The summed E-state index contributed by atoms with van der Waals surface area (Å²) >= 11 is 0. The predicted molar refractivity (Wildman–Crippen MR) is 136 cm³/mol. The number of carbonyl (C=O) groups excluding carboxylic acids is 1. The van der Waals surface area contributed by atoms with E-state index < -0.39 is 5.60 Å². The van der Waals surface area contributed by atoms with Crippen LogP contribution in [0.2, 0.25) is 0 Å². The number of unbranched alkanes of at least 4 members (excludes halogenated alkanes) is 1. The second kappa shape index (κ2) is 12.1. The molecule has 0 radical (unpaired) electrons. The van der Waals surface area contributed by atoms with Crippen LogP contribution in [-0.2, 0) is 4.74 Å². The molecule has 1 fully saturated rings. The normalized spacial score (nSPS) is 21.6. The van der Waals surface area contributed by atoms with Crippen molar-refractivity contribution in [2.45, 2.75) is 85.2 Å². The van der Waals surface area contributed by atoms with Crippen molar-refractivity contribution in [3.8, 4) is 0 Å². The minimum atomic E-state index is -0.391. The van der Waals surface area contributed by atoms with E-state index in [0.717, 1.165) is 48.1 Å². The number of hydrogen-bond acceptors (Lipinski definition) is 6. The molecule has 2 aliphatic rings. The molecule has 1 aromatic rings. The number of ether oxygens (including phenoxy) is 1. The first kappa shape index (κ1) is 26.8. The fourth-order valence-electron chi connectivity index (χ4n) is 4.18. The maximum Gasteiger partial charge on any atom is 0.410 e. The molecule has 1 aliphatic carbocycles. The molecular formula is C25H44N6O2. The topological polar surface area (TPSA) is 113 Å². The van der Waals surface area contributed by atoms with Crippen molar-refractivity contribution in [1.29, 1.82) is 0 Å². The van der Waals surface area contributed by atoms with E-state index in [0.29, 0.717) is 5.92 Å². The van der Waals surface area contributed by atoms with Gasteiger partial charge in [-0.2, -0.15) is 0 Å². The molecule has 5 N–H and O–H groups in total. The number of rotatable bonds is 5. The summed E-state index contributed by atoms with van der Waals surface area (Å²) in [5.41, 5.74) is 8.89. The van der Waals surface area contributed by atoms with E-state index in [1.165, 1.54) is 32.1 Å². The number of hydrogen-bond donors (Lipinski definition) is 3. The number of nitrogens with two attached hydrogens (primary N) is 2. The summed E-state index contributed by atoms with van der Waals surface area (Å²) in [6.07, 6.45) is 11.5. The third-order valence-electron chi connectivity index (χ3n) is 6.24. The molecule has 8 heteroatoms. The molecule has 0 spiro atoms. The summed E-state index contributed by atoms with van der Waals surface area (Å²) in [7, 11) is 1.77. The number of nitrogens with zero attached hydrogens (tertiary/aromatic N) is 3. The van der Waals surface area contributed by atoms with Gasteiger partial charge in [-0.05, 0) is 64.9 Å². The lowest BCUT2D eigenvalue weighted by molar-refractivity contribution is 0.0297. The van der Waals surface area contributed by atoms with Gasteiger partial charge in [0.15, 0.2) is 0 Å². The molecule has 0 aromatic carbocycles. The van der Waals surface area contributed by atoms with Gasteiger partial charge in [-0.25, -0.2) is 15.6 Å². The van der Waals surface area contributed by atoms with E-state index in [-0.39, 0.29) is 6.09 Å². The maximum absolute atomic E-state index is 11.4. The van der Waals surface area contributed by atoms with Crippen LogP contribution in [0.5, 0.6) is 0 Å². The van der Waals surface area contributed by atoms with Gasteiger partial charge in [0.2, 0.25) is 0 Å². The molecule has 1 amide bonds. The van der Waals surface area contributed by atoms with Gasteiger partial charge in [0.1, 0.15) is 17.8 Å². The van der Waals surface area contributed by atoms with Crippen molar-refractivity contribution in [3.05, 3.63) is 23.5 Å². The van der Waals surface area contributed by atoms with Crippen molar-refractivity contribution in [2.75, 3.05) is 13.6 Å². The highest BCUT2D eigenvalue weighted by atomic mass is 16.6. The highest BCUT2D eigenvalue weighted by molar-refractivity contribution is 5.86. The Morgan fingerprint density at radius 1 is 1.27 bits per heavy atom. The van der Waals surface area contributed by atoms with E-state index in [2.05, 4.69) is 23.8 Å². The zero-order valence-corrected chi connectivity index (χ0v) is 21.4. The van der Waals surface area contributed by atoms with Crippen LogP contribution < -0.4 is 11.6 Å². The Morgan fingerprint density at radius 3 is 2.52 bits per heavy atom. The van der Waals surface area contributed by atoms with Gasteiger partial charge in [-0.15, -0.1) is 0 Å². The fraction of sp³-hybridized carbons (Fsp3) is 0.680. The Labute approximate surface area is 199 Å². The number of nitrogens with one attached hydrogen (secondary N) is 1. The summed E-state index contributed by atoms with van der Waals surface area (Å²) in [6.45, 7) is 10.8. The monoisotopic (exact) mass is 460 g/mol. The second-order valence-electron chi connectivity index (χ2n) is 10.1. The smallest absolute Gasteiger partial charge is 0.410 e. The summed E-state index contributed by atoms with van der Waals surface area (Å²) in [6, 6.07) is 1.99. The zero-order valence-electron chi connectivity index (χ0n) is 21.4. The number of aromatic nitrogens is 1. The van der Waals surface area contributed by atoms with Gasteiger partial charge in [-0.1, -0.05) is 26.7 Å². The van der Waals surface area contributed by atoms with Crippen LogP contribution in [0.25, 0.3) is 5.70 Å². The number of aromatic amines is 1. The number of carbonyl (C=O) groups is 1. The van der Waals surface area contributed by atoms with Crippen LogP contribution >= 0.6 is 0 Å². The molecule has 1 saturated carbocycles. The molecule has 33 heavy (non-hydrogen) atoms. The van der Waals surface area contributed by atoms with E-state index in [1.807, 2.05) is 33.0 Å². The predicted octanol–water partition coefficient (Wildman–Crippen LogP) is 5.36. The first-order chi connectivity index (χ1) is 15.6. The van der Waals surface area contributed by atoms with E-state index in [1.54, 1.807) is 23.3 Å². The minimum absolute atomic E-state index is 0.235. The molecule has 0 bridgehead atoms. The molecule has 0 atom stereocenters. The number of amides is 1. The van der Waals surface area contributed by atoms with Gasteiger partial charge in [0.25, 0.3) is 0 Å². The third-order valence-corrected chi connectivity index (χ3v) is 6.24. The number of aliphatic imine (C=N–C) groups is 1. The van der Waals surface area contributed by atoms with Gasteiger partial charge in [0, 0.05) is 37.0 Å².